The minimum absolute atomic E-state index is 0.212. The summed E-state index contributed by atoms with van der Waals surface area (Å²) in [6.45, 7) is 0.721. The van der Waals surface area contributed by atoms with E-state index in [2.05, 4.69) is 20.8 Å². The molecular weight excluding hydrogens is 411 g/mol. The van der Waals surface area contributed by atoms with Crippen molar-refractivity contribution in [2.75, 3.05) is 11.3 Å². The van der Waals surface area contributed by atoms with E-state index >= 15 is 0 Å². The maximum absolute atomic E-state index is 13.3. The molecule has 0 atom stereocenters. The quantitative estimate of drug-likeness (QED) is 0.368. The molecule has 3 aromatic rings. The van der Waals surface area contributed by atoms with Crippen LogP contribution in [-0.2, 0) is 16.4 Å². The monoisotopic (exact) mass is 434 g/mol. The van der Waals surface area contributed by atoms with Crippen molar-refractivity contribution in [3.63, 3.8) is 0 Å². The predicted octanol–water partition coefficient (Wildman–Crippen LogP) is 4.21. The summed E-state index contributed by atoms with van der Waals surface area (Å²) in [5.74, 6) is -0.854. The first kappa shape index (κ1) is 21.4. The largest absolute Gasteiger partial charge is 0.330 e. The third-order valence-electron chi connectivity index (χ3n) is 4.38. The summed E-state index contributed by atoms with van der Waals surface area (Å²) in [6.07, 6.45) is 5.26. The first-order valence-electron chi connectivity index (χ1n) is 9.39. The molecule has 29 heavy (non-hydrogen) atoms. The molecule has 9 heteroatoms. The molecule has 3 rings (SSSR count). The average Bonchev–Trinajstić information content (AvgIpc) is 3.16. The Balaban J connectivity index is 1.73. The van der Waals surface area contributed by atoms with E-state index < -0.39 is 16.0 Å². The molecule has 0 aliphatic rings. The van der Waals surface area contributed by atoms with E-state index in [1.807, 2.05) is 23.6 Å². The number of nitrogens with one attached hydrogen (secondary N) is 1. The molecule has 2 aromatic heterocycles. The first-order valence-corrected chi connectivity index (χ1v) is 11.7. The van der Waals surface area contributed by atoms with Gasteiger partial charge in [0.05, 0.1) is 5.69 Å². The van der Waals surface area contributed by atoms with Crippen LogP contribution < -0.4 is 10.5 Å². The van der Waals surface area contributed by atoms with Crippen LogP contribution in [-0.4, -0.2) is 24.9 Å². The zero-order chi connectivity index (χ0) is 20.7. The molecule has 0 aliphatic heterocycles. The summed E-state index contributed by atoms with van der Waals surface area (Å²) >= 11 is 1.18. The number of aryl methyl sites for hydroxylation is 1. The average molecular weight is 435 g/mol. The van der Waals surface area contributed by atoms with Gasteiger partial charge in [-0.3, -0.25) is 4.72 Å². The zero-order valence-electron chi connectivity index (χ0n) is 15.8. The van der Waals surface area contributed by atoms with Gasteiger partial charge in [-0.25, -0.2) is 9.97 Å². The Kier molecular flexibility index (Phi) is 7.29. The van der Waals surface area contributed by atoms with E-state index in [-0.39, 0.29) is 10.2 Å². The molecule has 3 N–H and O–H groups in total. The third-order valence-corrected chi connectivity index (χ3v) is 6.51. The van der Waals surface area contributed by atoms with Gasteiger partial charge < -0.3 is 5.73 Å². The molecule has 0 bridgehead atoms. The number of sulfonamides is 1. The number of rotatable bonds is 10. The van der Waals surface area contributed by atoms with Crippen LogP contribution in [0.25, 0.3) is 11.3 Å². The summed E-state index contributed by atoms with van der Waals surface area (Å²) in [5, 5.41) is 1.64. The van der Waals surface area contributed by atoms with E-state index in [9.17, 15) is 12.8 Å². The van der Waals surface area contributed by atoms with Crippen molar-refractivity contribution >= 4 is 26.5 Å². The second kappa shape index (κ2) is 9.91. The fourth-order valence-corrected chi connectivity index (χ4v) is 4.87. The fourth-order valence-electron chi connectivity index (χ4n) is 2.95. The lowest BCUT2D eigenvalue weighted by atomic mass is 9.99. The van der Waals surface area contributed by atoms with E-state index in [0.717, 1.165) is 50.3 Å². The van der Waals surface area contributed by atoms with Crippen molar-refractivity contribution in [1.29, 1.82) is 0 Å². The summed E-state index contributed by atoms with van der Waals surface area (Å²) in [7, 11) is -4.00. The third kappa shape index (κ3) is 5.81. The van der Waals surface area contributed by atoms with Gasteiger partial charge in [0.25, 0.3) is 10.0 Å². The number of halogens is 1. The SMILES string of the molecule is NCCCCCCc1ccccc1-c1csc(NS(=O)(=O)c2cccc(F)n2)n1. The minimum Gasteiger partial charge on any atom is -0.330 e. The van der Waals surface area contributed by atoms with Crippen LogP contribution in [0.4, 0.5) is 9.52 Å². The van der Waals surface area contributed by atoms with Gasteiger partial charge in [0, 0.05) is 10.9 Å². The lowest BCUT2D eigenvalue weighted by molar-refractivity contribution is 0.558. The molecule has 0 radical (unpaired) electrons. The first-order chi connectivity index (χ1) is 14.0. The highest BCUT2D eigenvalue weighted by molar-refractivity contribution is 7.92. The molecule has 0 saturated carbocycles. The number of pyridine rings is 1. The summed E-state index contributed by atoms with van der Waals surface area (Å²) < 4.78 is 40.5. The number of benzene rings is 1. The van der Waals surface area contributed by atoms with Crippen molar-refractivity contribution in [3.8, 4) is 11.3 Å². The molecule has 0 saturated heterocycles. The van der Waals surface area contributed by atoms with Gasteiger partial charge in [-0.15, -0.1) is 11.3 Å². The number of nitrogens with zero attached hydrogens (tertiary/aromatic N) is 2. The lowest BCUT2D eigenvalue weighted by Crippen LogP contribution is -2.14. The highest BCUT2D eigenvalue weighted by atomic mass is 32.2. The van der Waals surface area contributed by atoms with E-state index in [0.29, 0.717) is 5.69 Å². The van der Waals surface area contributed by atoms with E-state index in [1.165, 1.54) is 29.0 Å². The second-order valence-corrected chi connectivity index (χ2v) is 9.04. The number of aromatic nitrogens is 2. The van der Waals surface area contributed by atoms with Crippen LogP contribution >= 0.6 is 11.3 Å². The number of hydrogen-bond donors (Lipinski definition) is 2. The van der Waals surface area contributed by atoms with Crippen molar-refractivity contribution in [2.24, 2.45) is 5.73 Å². The maximum Gasteiger partial charge on any atom is 0.281 e. The highest BCUT2D eigenvalue weighted by Gasteiger charge is 2.19. The van der Waals surface area contributed by atoms with Crippen LogP contribution in [0.2, 0.25) is 0 Å². The molecule has 2 heterocycles. The smallest absolute Gasteiger partial charge is 0.281 e. The van der Waals surface area contributed by atoms with Crippen LogP contribution in [0.5, 0.6) is 0 Å². The molecule has 6 nitrogen and oxygen atoms in total. The maximum atomic E-state index is 13.3. The fraction of sp³-hybridized carbons (Fsp3) is 0.300. The second-order valence-electron chi connectivity index (χ2n) is 6.55. The van der Waals surface area contributed by atoms with Crippen LogP contribution in [0.15, 0.2) is 52.9 Å². The van der Waals surface area contributed by atoms with E-state index in [4.69, 9.17) is 5.73 Å². The summed E-state index contributed by atoms with van der Waals surface area (Å²) in [5.41, 5.74) is 8.40. The Morgan fingerprint density at radius 2 is 1.79 bits per heavy atom. The standard InChI is InChI=1S/C20H23FN4O2S2/c21-18-11-7-12-19(24-18)29(26,27)25-20-23-17(14-28-20)16-10-5-4-9-15(16)8-3-1-2-6-13-22/h4-5,7,9-12,14H,1-3,6,8,13,22H2,(H,23,25). The van der Waals surface area contributed by atoms with E-state index in [1.54, 1.807) is 0 Å². The molecule has 1 aromatic carbocycles. The number of nitrogens with two attached hydrogens (primary N) is 1. The van der Waals surface area contributed by atoms with Crippen molar-refractivity contribution in [1.82, 2.24) is 9.97 Å². The normalized spacial score (nSPS) is 11.5. The topological polar surface area (TPSA) is 98.0 Å². The molecule has 0 aliphatic carbocycles. The van der Waals surface area contributed by atoms with Gasteiger partial charge in [-0.05, 0) is 43.5 Å². The van der Waals surface area contributed by atoms with Gasteiger partial charge in [0.15, 0.2) is 10.2 Å². The van der Waals surface area contributed by atoms with Crippen molar-refractivity contribution in [2.45, 2.75) is 37.1 Å². The predicted molar refractivity (Wildman–Crippen MR) is 114 cm³/mol. The lowest BCUT2D eigenvalue weighted by Gasteiger charge is -2.07. The van der Waals surface area contributed by atoms with Crippen molar-refractivity contribution in [3.05, 3.63) is 59.4 Å². The number of unbranched alkanes of at least 4 members (excludes halogenated alkanes) is 3. The molecule has 0 fully saturated rings. The van der Waals surface area contributed by atoms with Crippen LogP contribution in [0.1, 0.15) is 31.2 Å². The van der Waals surface area contributed by atoms with Gasteiger partial charge >= 0.3 is 0 Å². The van der Waals surface area contributed by atoms with Crippen LogP contribution in [0, 0.1) is 5.95 Å². The Morgan fingerprint density at radius 3 is 2.59 bits per heavy atom. The zero-order valence-corrected chi connectivity index (χ0v) is 17.5. The molecule has 0 spiro atoms. The molecular formula is C20H23FN4O2S2. The molecule has 154 valence electrons. The number of hydrogen-bond acceptors (Lipinski definition) is 6. The Hall–Kier alpha value is -2.36. The molecule has 0 unspecified atom stereocenters. The Bertz CT molecular complexity index is 1050. The van der Waals surface area contributed by atoms with Gasteiger partial charge in [-0.2, -0.15) is 12.8 Å². The number of anilines is 1. The Labute approximate surface area is 174 Å². The highest BCUT2D eigenvalue weighted by Crippen LogP contribution is 2.29. The molecule has 0 amide bonds. The van der Waals surface area contributed by atoms with Crippen molar-refractivity contribution < 1.29 is 12.8 Å². The number of thiazole rings is 1. The van der Waals surface area contributed by atoms with Crippen LogP contribution in [0.3, 0.4) is 0 Å². The summed E-state index contributed by atoms with van der Waals surface area (Å²) in [6, 6.07) is 11.6. The van der Waals surface area contributed by atoms with Gasteiger partial charge in [-0.1, -0.05) is 43.2 Å². The summed E-state index contributed by atoms with van der Waals surface area (Å²) in [4.78, 5) is 7.85. The van der Waals surface area contributed by atoms with Gasteiger partial charge in [0.2, 0.25) is 5.95 Å². The minimum atomic E-state index is -4.00. The Morgan fingerprint density at radius 1 is 1.00 bits per heavy atom. The van der Waals surface area contributed by atoms with Gasteiger partial charge in [0.1, 0.15) is 0 Å².